The fraction of sp³-hybridized carbons (Fsp3) is 0.667. The summed E-state index contributed by atoms with van der Waals surface area (Å²) in [5, 5.41) is 0. The van der Waals surface area contributed by atoms with Gasteiger partial charge >= 0.3 is 0 Å². The van der Waals surface area contributed by atoms with E-state index in [4.69, 9.17) is 0 Å². The Morgan fingerprint density at radius 2 is 1.16 bits per heavy atom. The minimum Gasteiger partial charge on any atom is -0.119 e. The largest absolute Gasteiger partial charge is 0.119 e. The summed E-state index contributed by atoms with van der Waals surface area (Å²) in [7, 11) is 0. The van der Waals surface area contributed by atoms with Crippen LogP contribution >= 0.6 is 11.8 Å². The highest BCUT2D eigenvalue weighted by Gasteiger charge is 2.46. The second-order valence-electron chi connectivity index (χ2n) is 7.81. The van der Waals surface area contributed by atoms with Crippen molar-refractivity contribution < 1.29 is 0 Å². The molecule has 0 fully saturated rings. The van der Waals surface area contributed by atoms with Crippen molar-refractivity contribution in [2.24, 2.45) is 10.8 Å². The lowest BCUT2D eigenvalue weighted by atomic mass is 9.63. The first-order chi connectivity index (χ1) is 8.37. The van der Waals surface area contributed by atoms with Gasteiger partial charge < -0.3 is 0 Å². The van der Waals surface area contributed by atoms with Crippen molar-refractivity contribution in [3.8, 4) is 0 Å². The maximum Gasteiger partial charge on any atom is 0.0206 e. The first-order valence-electron chi connectivity index (χ1n) is 7.14. The number of hydrogen-bond donors (Lipinski definition) is 0. The van der Waals surface area contributed by atoms with Crippen molar-refractivity contribution in [1.82, 2.24) is 0 Å². The Kier molecular flexibility index (Phi) is 4.52. The summed E-state index contributed by atoms with van der Waals surface area (Å²) in [5.41, 5.74) is 3.23. The number of thioether (sulfide) groups is 1. The lowest BCUT2D eigenvalue weighted by molar-refractivity contribution is 0.0934. The van der Waals surface area contributed by atoms with Gasteiger partial charge in [-0.25, -0.2) is 0 Å². The van der Waals surface area contributed by atoms with Gasteiger partial charge in [-0.1, -0.05) is 40.7 Å². The monoisotopic (exact) mass is 278 g/mol. The molecular formula is C18H30S. The van der Waals surface area contributed by atoms with Crippen LogP contribution in [0.2, 0.25) is 0 Å². The highest BCUT2D eigenvalue weighted by Crippen LogP contribution is 2.54. The van der Waals surface area contributed by atoms with E-state index in [1.165, 1.54) is 16.0 Å². The van der Waals surface area contributed by atoms with Gasteiger partial charge in [0.1, 0.15) is 0 Å². The van der Waals surface area contributed by atoms with E-state index in [1.807, 2.05) is 11.8 Å². The van der Waals surface area contributed by atoms with Gasteiger partial charge in [-0.3, -0.25) is 0 Å². The second kappa shape index (κ2) is 5.16. The van der Waals surface area contributed by atoms with Crippen molar-refractivity contribution in [3.05, 3.63) is 29.3 Å². The van der Waals surface area contributed by atoms with Crippen molar-refractivity contribution in [1.29, 1.82) is 0 Å². The van der Waals surface area contributed by atoms with Crippen molar-refractivity contribution in [3.63, 3.8) is 0 Å². The molecule has 0 nitrogen and oxygen atoms in total. The van der Waals surface area contributed by atoms with E-state index < -0.39 is 0 Å². The quantitative estimate of drug-likeness (QED) is 0.589. The molecule has 0 saturated heterocycles. The lowest BCUT2D eigenvalue weighted by Crippen LogP contribution is -2.45. The van der Waals surface area contributed by atoms with E-state index in [9.17, 15) is 0 Å². The molecular weight excluding hydrogens is 248 g/mol. The molecule has 0 saturated carbocycles. The van der Waals surface area contributed by atoms with Crippen LogP contribution in [-0.2, 0) is 0 Å². The molecule has 1 aromatic rings. The standard InChI is InChI=1S/C18H30S/c1-13-10-14(2)12-15(11-13)19-18(8,9)17(6,7)16(3,4)5/h10-12H,1-9H3. The Balaban J connectivity index is 3.09. The van der Waals surface area contributed by atoms with Gasteiger partial charge in [0.05, 0.1) is 0 Å². The predicted molar refractivity (Wildman–Crippen MR) is 89.1 cm³/mol. The van der Waals surface area contributed by atoms with Crippen LogP contribution < -0.4 is 0 Å². The van der Waals surface area contributed by atoms with Gasteiger partial charge in [0.2, 0.25) is 0 Å². The molecule has 0 spiro atoms. The zero-order valence-electron chi connectivity index (χ0n) is 14.1. The molecule has 0 amide bonds. The fourth-order valence-electron chi connectivity index (χ4n) is 2.32. The smallest absolute Gasteiger partial charge is 0.0206 e. The molecule has 0 aliphatic carbocycles. The Labute approximate surface area is 124 Å². The van der Waals surface area contributed by atoms with E-state index in [0.29, 0.717) is 0 Å². The number of benzene rings is 1. The summed E-state index contributed by atoms with van der Waals surface area (Å²) in [6.45, 7) is 20.9. The van der Waals surface area contributed by atoms with Crippen LogP contribution in [0.3, 0.4) is 0 Å². The zero-order chi connectivity index (χ0) is 15.1. The van der Waals surface area contributed by atoms with Crippen molar-refractivity contribution in [2.45, 2.75) is 72.0 Å². The first kappa shape index (κ1) is 16.6. The molecule has 19 heavy (non-hydrogen) atoms. The molecule has 0 aliphatic rings. The third kappa shape index (κ3) is 3.56. The molecule has 0 aliphatic heterocycles. The summed E-state index contributed by atoms with van der Waals surface area (Å²) in [4.78, 5) is 1.39. The van der Waals surface area contributed by atoms with E-state index in [2.05, 4.69) is 80.5 Å². The van der Waals surface area contributed by atoms with Crippen LogP contribution in [0.4, 0.5) is 0 Å². The Hall–Kier alpha value is -0.430. The molecule has 0 heterocycles. The molecule has 0 bridgehead atoms. The van der Waals surface area contributed by atoms with Gasteiger partial charge in [0, 0.05) is 9.64 Å². The number of aryl methyl sites for hydroxylation is 2. The number of rotatable bonds is 3. The molecule has 0 atom stereocenters. The number of hydrogen-bond acceptors (Lipinski definition) is 1. The van der Waals surface area contributed by atoms with Gasteiger partial charge in [0.15, 0.2) is 0 Å². The maximum atomic E-state index is 2.39. The van der Waals surface area contributed by atoms with Crippen molar-refractivity contribution in [2.75, 3.05) is 0 Å². The van der Waals surface area contributed by atoms with E-state index in [0.717, 1.165) is 0 Å². The van der Waals surface area contributed by atoms with Gasteiger partial charge in [-0.2, -0.15) is 0 Å². The maximum absolute atomic E-state index is 2.39. The summed E-state index contributed by atoms with van der Waals surface area (Å²) < 4.78 is 0.186. The molecule has 0 N–H and O–H groups in total. The van der Waals surface area contributed by atoms with Crippen LogP contribution in [0.5, 0.6) is 0 Å². The topological polar surface area (TPSA) is 0 Å². The summed E-state index contributed by atoms with van der Waals surface area (Å²) >= 11 is 2.01. The van der Waals surface area contributed by atoms with Gasteiger partial charge in [-0.15, -0.1) is 11.8 Å². The Morgan fingerprint density at radius 1 is 0.737 bits per heavy atom. The third-order valence-electron chi connectivity index (χ3n) is 4.95. The van der Waals surface area contributed by atoms with Crippen LogP contribution in [0.15, 0.2) is 23.1 Å². The molecule has 1 heteroatoms. The van der Waals surface area contributed by atoms with Gasteiger partial charge in [-0.05, 0) is 61.8 Å². The molecule has 0 unspecified atom stereocenters. The highest BCUT2D eigenvalue weighted by atomic mass is 32.2. The molecule has 0 aromatic heterocycles. The zero-order valence-corrected chi connectivity index (χ0v) is 15.0. The van der Waals surface area contributed by atoms with E-state index in [-0.39, 0.29) is 15.6 Å². The summed E-state index contributed by atoms with van der Waals surface area (Å²) in [6.07, 6.45) is 0. The molecule has 0 radical (unpaired) electrons. The Morgan fingerprint density at radius 3 is 1.53 bits per heavy atom. The predicted octanol–water partition coefficient (Wildman–Crippen LogP) is 6.25. The van der Waals surface area contributed by atoms with Gasteiger partial charge in [0.25, 0.3) is 0 Å². The van der Waals surface area contributed by atoms with Crippen molar-refractivity contribution >= 4 is 11.8 Å². The SMILES string of the molecule is Cc1cc(C)cc(SC(C)(C)C(C)(C)C(C)(C)C)c1. The van der Waals surface area contributed by atoms with Crippen LogP contribution in [0.25, 0.3) is 0 Å². The molecule has 1 rings (SSSR count). The first-order valence-corrected chi connectivity index (χ1v) is 7.96. The summed E-state index contributed by atoms with van der Waals surface area (Å²) in [5.74, 6) is 0. The average molecular weight is 279 g/mol. The third-order valence-corrected chi connectivity index (χ3v) is 6.44. The van der Waals surface area contributed by atoms with E-state index in [1.54, 1.807) is 0 Å². The minimum absolute atomic E-state index is 0.186. The van der Waals surface area contributed by atoms with E-state index >= 15 is 0 Å². The molecule has 108 valence electrons. The fourth-order valence-corrected chi connectivity index (χ4v) is 3.96. The van der Waals surface area contributed by atoms with Crippen LogP contribution in [0.1, 0.15) is 59.6 Å². The normalized spacial score (nSPS) is 13.7. The highest BCUT2D eigenvalue weighted by molar-refractivity contribution is 8.00. The lowest BCUT2D eigenvalue weighted by Gasteiger charge is -2.50. The summed E-state index contributed by atoms with van der Waals surface area (Å²) in [6, 6.07) is 6.85. The minimum atomic E-state index is 0.186. The average Bonchev–Trinajstić information content (AvgIpc) is 2.12. The van der Waals surface area contributed by atoms with Crippen LogP contribution in [0, 0.1) is 24.7 Å². The molecule has 1 aromatic carbocycles. The van der Waals surface area contributed by atoms with Crippen LogP contribution in [-0.4, -0.2) is 4.75 Å². The Bertz CT molecular complexity index is 427. The second-order valence-corrected chi connectivity index (χ2v) is 9.51.